The molecule has 0 radical (unpaired) electrons. The smallest absolute Gasteiger partial charge is 0.163 e. The van der Waals surface area contributed by atoms with Crippen molar-refractivity contribution < 1.29 is 14.7 Å². The Morgan fingerprint density at radius 3 is 1.93 bits per heavy atom. The molecule has 0 aliphatic heterocycles. The van der Waals surface area contributed by atoms with Crippen molar-refractivity contribution in [1.29, 1.82) is 0 Å². The summed E-state index contributed by atoms with van der Waals surface area (Å²) < 4.78 is 0. The largest absolute Gasteiger partial charge is 0.512 e. The molecule has 0 amide bonds. The van der Waals surface area contributed by atoms with Gasteiger partial charge in [0, 0.05) is 48.7 Å². The van der Waals surface area contributed by atoms with Gasteiger partial charge in [-0.15, -0.1) is 0 Å². The molecule has 0 aromatic carbocycles. The number of carbonyl (C=O) groups excluding carboxylic acids is 2. The molecule has 1 heterocycles. The zero-order valence-electron chi connectivity index (χ0n) is 16.9. The van der Waals surface area contributed by atoms with Gasteiger partial charge < -0.3 is 5.11 Å². The fraction of sp³-hybridized carbons (Fsp3) is 0.522. The van der Waals surface area contributed by atoms with E-state index < -0.39 is 5.92 Å². The third kappa shape index (κ3) is 3.90. The minimum absolute atomic E-state index is 0.0662. The molecular formula is C23H29NO3. The van der Waals surface area contributed by atoms with Gasteiger partial charge in [-0.1, -0.05) is 33.3 Å². The Morgan fingerprint density at radius 1 is 0.889 bits per heavy atom. The maximum absolute atomic E-state index is 13.1. The molecule has 2 aliphatic carbocycles. The van der Waals surface area contributed by atoms with Crippen LogP contribution in [0, 0.1) is 10.8 Å². The van der Waals surface area contributed by atoms with Gasteiger partial charge in [-0.2, -0.15) is 0 Å². The minimum Gasteiger partial charge on any atom is -0.512 e. The fourth-order valence-electron chi connectivity index (χ4n) is 4.71. The summed E-state index contributed by atoms with van der Waals surface area (Å²) in [6.07, 6.45) is 5.43. The first-order valence-corrected chi connectivity index (χ1v) is 9.59. The van der Waals surface area contributed by atoms with Crippen LogP contribution in [0.2, 0.25) is 0 Å². The van der Waals surface area contributed by atoms with Gasteiger partial charge >= 0.3 is 0 Å². The van der Waals surface area contributed by atoms with E-state index in [1.54, 1.807) is 12.4 Å². The summed E-state index contributed by atoms with van der Waals surface area (Å²) in [5.74, 6) is -0.386. The zero-order valence-corrected chi connectivity index (χ0v) is 16.9. The number of aromatic nitrogens is 1. The molecule has 4 nitrogen and oxygen atoms in total. The second-order valence-electron chi connectivity index (χ2n) is 9.65. The number of aliphatic hydroxyl groups excluding tert-OH is 1. The average molecular weight is 367 g/mol. The molecule has 1 aromatic rings. The van der Waals surface area contributed by atoms with E-state index in [1.165, 1.54) is 0 Å². The number of hydrogen-bond donors (Lipinski definition) is 1. The second-order valence-corrected chi connectivity index (χ2v) is 9.65. The number of allylic oxidation sites excluding steroid dienone is 4. The lowest BCUT2D eigenvalue weighted by Crippen LogP contribution is -2.33. The lowest BCUT2D eigenvalue weighted by Gasteiger charge is -2.37. The molecule has 0 saturated heterocycles. The van der Waals surface area contributed by atoms with Crippen LogP contribution >= 0.6 is 0 Å². The molecule has 0 bridgehead atoms. The summed E-state index contributed by atoms with van der Waals surface area (Å²) in [6.45, 7) is 10.1. The minimum atomic E-state index is -0.514. The Hall–Kier alpha value is -2.23. The number of pyridine rings is 1. The van der Waals surface area contributed by atoms with Crippen LogP contribution < -0.4 is 0 Å². The van der Waals surface area contributed by atoms with Crippen LogP contribution in [-0.2, 0) is 9.59 Å². The Balaban J connectivity index is 2.20. The summed E-state index contributed by atoms with van der Waals surface area (Å²) in [7, 11) is 0. The van der Waals surface area contributed by atoms with Crippen molar-refractivity contribution in [2.45, 2.75) is 66.2 Å². The van der Waals surface area contributed by atoms with Crippen LogP contribution in [0.25, 0.3) is 0 Å². The van der Waals surface area contributed by atoms with Gasteiger partial charge in [0.1, 0.15) is 5.76 Å². The van der Waals surface area contributed by atoms with Crippen LogP contribution in [0.3, 0.4) is 0 Å². The highest BCUT2D eigenvalue weighted by atomic mass is 16.3. The SMILES string of the molecule is CC1=C([C@H](C2=C(O)CC(C)(C)CC2=O)c2ccncc2)C(=O)CC(C)(C)C1. The number of nitrogens with zero attached hydrogens (tertiary/aromatic N) is 1. The number of ketones is 2. The first-order chi connectivity index (χ1) is 12.5. The van der Waals surface area contributed by atoms with Crippen LogP contribution in [0.15, 0.2) is 47.0 Å². The van der Waals surface area contributed by atoms with Crippen molar-refractivity contribution in [3.05, 3.63) is 52.6 Å². The average Bonchev–Trinajstić information content (AvgIpc) is 2.50. The monoisotopic (exact) mass is 367 g/mol. The van der Waals surface area contributed by atoms with Crippen LogP contribution in [0.4, 0.5) is 0 Å². The Kier molecular flexibility index (Phi) is 4.87. The zero-order chi connectivity index (χ0) is 20.0. The first-order valence-electron chi connectivity index (χ1n) is 9.59. The lowest BCUT2D eigenvalue weighted by atomic mass is 9.66. The molecule has 27 heavy (non-hydrogen) atoms. The summed E-state index contributed by atoms with van der Waals surface area (Å²) >= 11 is 0. The Morgan fingerprint density at radius 2 is 1.41 bits per heavy atom. The predicted molar refractivity (Wildman–Crippen MR) is 105 cm³/mol. The van der Waals surface area contributed by atoms with E-state index in [4.69, 9.17) is 0 Å². The van der Waals surface area contributed by atoms with Gasteiger partial charge in [0.25, 0.3) is 0 Å². The lowest BCUT2D eigenvalue weighted by molar-refractivity contribution is -0.119. The summed E-state index contributed by atoms with van der Waals surface area (Å²) in [5, 5.41) is 10.8. The van der Waals surface area contributed by atoms with Crippen molar-refractivity contribution >= 4 is 11.6 Å². The number of rotatable bonds is 3. The number of hydrogen-bond acceptors (Lipinski definition) is 4. The van der Waals surface area contributed by atoms with Crippen molar-refractivity contribution in [2.75, 3.05) is 0 Å². The second kappa shape index (κ2) is 6.74. The van der Waals surface area contributed by atoms with Gasteiger partial charge in [-0.05, 0) is 41.9 Å². The van der Waals surface area contributed by atoms with Gasteiger partial charge in [-0.3, -0.25) is 14.6 Å². The van der Waals surface area contributed by atoms with E-state index in [1.807, 2.05) is 32.9 Å². The van der Waals surface area contributed by atoms with Crippen LogP contribution in [0.1, 0.15) is 71.8 Å². The van der Waals surface area contributed by atoms with E-state index >= 15 is 0 Å². The fourth-order valence-corrected chi connectivity index (χ4v) is 4.71. The highest BCUT2D eigenvalue weighted by molar-refractivity contribution is 6.05. The molecule has 1 atom stereocenters. The van der Waals surface area contributed by atoms with Crippen LogP contribution in [0.5, 0.6) is 0 Å². The van der Waals surface area contributed by atoms with Gasteiger partial charge in [0.05, 0.1) is 0 Å². The third-order valence-corrected chi connectivity index (χ3v) is 5.66. The molecule has 1 aromatic heterocycles. The van der Waals surface area contributed by atoms with Gasteiger partial charge in [-0.25, -0.2) is 0 Å². The number of aliphatic hydroxyl groups is 1. The number of carbonyl (C=O) groups is 2. The topological polar surface area (TPSA) is 67.3 Å². The van der Waals surface area contributed by atoms with Crippen LogP contribution in [-0.4, -0.2) is 21.7 Å². The highest BCUT2D eigenvalue weighted by Gasteiger charge is 2.42. The summed E-state index contributed by atoms with van der Waals surface area (Å²) in [5.41, 5.74) is 2.56. The molecule has 0 unspecified atom stereocenters. The molecule has 3 rings (SSSR count). The first kappa shape index (κ1) is 19.5. The molecule has 2 aliphatic rings. The third-order valence-electron chi connectivity index (χ3n) is 5.66. The van der Waals surface area contributed by atoms with E-state index in [-0.39, 0.29) is 28.2 Å². The molecule has 4 heteroatoms. The molecule has 0 spiro atoms. The summed E-state index contributed by atoms with van der Waals surface area (Å²) in [6, 6.07) is 3.68. The number of Topliss-reactive ketones (excluding diaryl/α,β-unsaturated/α-hetero) is 2. The predicted octanol–water partition coefficient (Wildman–Crippen LogP) is 5.07. The standard InChI is InChI=1S/C23H29NO3/c1-14-10-22(2,3)11-16(25)19(14)20(15-6-8-24-9-7-15)21-17(26)12-23(4,5)13-18(21)27/h6-9,20,26H,10-13H2,1-5H3/t20-/m1/s1. The van der Waals surface area contributed by atoms with Crippen molar-refractivity contribution in [1.82, 2.24) is 4.98 Å². The van der Waals surface area contributed by atoms with Gasteiger partial charge in [0.15, 0.2) is 11.6 Å². The van der Waals surface area contributed by atoms with E-state index in [9.17, 15) is 14.7 Å². The van der Waals surface area contributed by atoms with Crippen molar-refractivity contribution in [3.8, 4) is 0 Å². The maximum atomic E-state index is 13.1. The summed E-state index contributed by atoms with van der Waals surface area (Å²) in [4.78, 5) is 30.3. The Bertz CT molecular complexity index is 792. The Labute approximate surface area is 161 Å². The molecule has 0 fully saturated rings. The van der Waals surface area contributed by atoms with Gasteiger partial charge in [0.2, 0.25) is 0 Å². The maximum Gasteiger partial charge on any atom is 0.163 e. The normalized spacial score (nSPS) is 23.6. The highest BCUT2D eigenvalue weighted by Crippen LogP contribution is 2.48. The molecule has 0 saturated carbocycles. The van der Waals surface area contributed by atoms with E-state index in [0.29, 0.717) is 30.4 Å². The van der Waals surface area contributed by atoms with Crippen molar-refractivity contribution in [2.24, 2.45) is 10.8 Å². The molecule has 144 valence electrons. The van der Waals surface area contributed by atoms with E-state index in [0.717, 1.165) is 17.6 Å². The molecule has 1 N–H and O–H groups in total. The van der Waals surface area contributed by atoms with E-state index in [2.05, 4.69) is 18.8 Å². The van der Waals surface area contributed by atoms with Crippen molar-refractivity contribution in [3.63, 3.8) is 0 Å². The molecular weight excluding hydrogens is 338 g/mol. The quantitative estimate of drug-likeness (QED) is 0.810.